The van der Waals surface area contributed by atoms with E-state index in [1.165, 1.54) is 18.2 Å². The molecule has 30 heavy (non-hydrogen) atoms. The fourth-order valence-corrected chi connectivity index (χ4v) is 3.79. The molecule has 0 atom stereocenters. The molecule has 0 aromatic heterocycles. The molecule has 0 saturated carbocycles. The lowest BCUT2D eigenvalue weighted by atomic mass is 10.2. The van der Waals surface area contributed by atoms with Crippen LogP contribution in [0.25, 0.3) is 0 Å². The summed E-state index contributed by atoms with van der Waals surface area (Å²) in [6.45, 7) is 1.79. The molecule has 7 nitrogen and oxygen atoms in total. The van der Waals surface area contributed by atoms with Crippen LogP contribution >= 0.6 is 0 Å². The first-order valence-electron chi connectivity index (χ1n) is 10.2. The van der Waals surface area contributed by atoms with Gasteiger partial charge in [-0.05, 0) is 25.0 Å². The topological polar surface area (TPSA) is 60.4 Å². The standard InChI is InChI=1S/C20H28F3N5O2/c1-24-20(25-13-15-16(21)5-4-6-17(15)30-19(22)23)28-11-9-26(10-12-28)14-18(29)27-7-2-3-8-27/h4-6,19H,2-3,7-14H2,1H3,(H,24,25). The van der Waals surface area contributed by atoms with Gasteiger partial charge < -0.3 is 19.9 Å². The molecule has 2 saturated heterocycles. The van der Waals surface area contributed by atoms with Gasteiger partial charge in [-0.2, -0.15) is 8.78 Å². The van der Waals surface area contributed by atoms with Gasteiger partial charge >= 0.3 is 6.61 Å². The molecular formula is C20H28F3N5O2. The minimum Gasteiger partial charge on any atom is -0.434 e. The van der Waals surface area contributed by atoms with Gasteiger partial charge in [0.25, 0.3) is 0 Å². The Bertz CT molecular complexity index is 748. The van der Waals surface area contributed by atoms with E-state index in [9.17, 15) is 18.0 Å². The van der Waals surface area contributed by atoms with Crippen LogP contribution in [0.1, 0.15) is 18.4 Å². The van der Waals surface area contributed by atoms with Crippen molar-refractivity contribution in [2.24, 2.45) is 4.99 Å². The third-order valence-electron chi connectivity index (χ3n) is 5.42. The van der Waals surface area contributed by atoms with Gasteiger partial charge in [-0.3, -0.25) is 14.7 Å². The summed E-state index contributed by atoms with van der Waals surface area (Å²) in [6.07, 6.45) is 2.15. The van der Waals surface area contributed by atoms with Gasteiger partial charge in [0.05, 0.1) is 6.54 Å². The van der Waals surface area contributed by atoms with E-state index in [4.69, 9.17) is 0 Å². The predicted octanol–water partition coefficient (Wildman–Crippen LogP) is 1.74. The predicted molar refractivity (Wildman–Crippen MR) is 107 cm³/mol. The summed E-state index contributed by atoms with van der Waals surface area (Å²) >= 11 is 0. The van der Waals surface area contributed by atoms with Crippen molar-refractivity contribution in [2.45, 2.75) is 26.0 Å². The number of rotatable bonds is 6. The molecule has 10 heteroatoms. The fourth-order valence-electron chi connectivity index (χ4n) is 3.79. The number of hydrogen-bond acceptors (Lipinski definition) is 4. The van der Waals surface area contributed by atoms with Crippen molar-refractivity contribution in [3.8, 4) is 5.75 Å². The number of nitrogens with zero attached hydrogens (tertiary/aromatic N) is 4. The molecule has 1 N–H and O–H groups in total. The molecule has 2 aliphatic heterocycles. The fraction of sp³-hybridized carbons (Fsp3) is 0.600. The zero-order valence-corrected chi connectivity index (χ0v) is 17.1. The Kier molecular flexibility index (Phi) is 7.78. The van der Waals surface area contributed by atoms with Crippen molar-refractivity contribution in [2.75, 3.05) is 52.9 Å². The highest BCUT2D eigenvalue weighted by molar-refractivity contribution is 5.80. The van der Waals surface area contributed by atoms with E-state index < -0.39 is 12.4 Å². The van der Waals surface area contributed by atoms with Crippen molar-refractivity contribution in [1.82, 2.24) is 20.0 Å². The van der Waals surface area contributed by atoms with Crippen molar-refractivity contribution in [3.05, 3.63) is 29.6 Å². The van der Waals surface area contributed by atoms with Crippen molar-refractivity contribution < 1.29 is 22.7 Å². The Balaban J connectivity index is 1.51. The summed E-state index contributed by atoms with van der Waals surface area (Å²) in [6, 6.07) is 3.84. The Hall–Kier alpha value is -2.49. The van der Waals surface area contributed by atoms with Gasteiger partial charge in [0, 0.05) is 58.4 Å². The van der Waals surface area contributed by atoms with Crippen LogP contribution in [-0.4, -0.2) is 86.0 Å². The number of aliphatic imine (C=N–C) groups is 1. The zero-order chi connectivity index (χ0) is 21.5. The molecule has 1 amide bonds. The maximum absolute atomic E-state index is 14.1. The Morgan fingerprint density at radius 2 is 1.83 bits per heavy atom. The molecule has 0 spiro atoms. The summed E-state index contributed by atoms with van der Waals surface area (Å²) in [5.41, 5.74) is 0.0220. The van der Waals surface area contributed by atoms with Crippen molar-refractivity contribution in [1.29, 1.82) is 0 Å². The molecule has 3 rings (SSSR count). The molecule has 0 radical (unpaired) electrons. The van der Waals surface area contributed by atoms with E-state index in [0.29, 0.717) is 38.7 Å². The lowest BCUT2D eigenvalue weighted by Crippen LogP contribution is -2.54. The smallest absolute Gasteiger partial charge is 0.387 e. The van der Waals surface area contributed by atoms with Gasteiger partial charge in [0.1, 0.15) is 11.6 Å². The highest BCUT2D eigenvalue weighted by atomic mass is 19.3. The lowest BCUT2D eigenvalue weighted by Gasteiger charge is -2.36. The SMILES string of the molecule is CN=C(NCc1c(F)cccc1OC(F)F)N1CCN(CC(=O)N2CCCC2)CC1. The van der Waals surface area contributed by atoms with Crippen LogP contribution in [0.4, 0.5) is 13.2 Å². The first-order valence-corrected chi connectivity index (χ1v) is 10.2. The molecule has 2 fully saturated rings. The quantitative estimate of drug-likeness (QED) is 0.554. The number of likely N-dealkylation sites (tertiary alicyclic amines) is 1. The molecule has 166 valence electrons. The van der Waals surface area contributed by atoms with E-state index in [1.54, 1.807) is 7.05 Å². The lowest BCUT2D eigenvalue weighted by molar-refractivity contribution is -0.131. The maximum atomic E-state index is 14.1. The van der Waals surface area contributed by atoms with Crippen LogP contribution in [0.5, 0.6) is 5.75 Å². The molecule has 0 bridgehead atoms. The number of carbonyl (C=O) groups is 1. The molecule has 0 unspecified atom stereocenters. The minimum atomic E-state index is -3.03. The highest BCUT2D eigenvalue weighted by Crippen LogP contribution is 2.23. The second-order valence-corrected chi connectivity index (χ2v) is 7.35. The Morgan fingerprint density at radius 1 is 1.13 bits per heavy atom. The molecule has 2 aliphatic rings. The average molecular weight is 427 g/mol. The molecule has 1 aromatic carbocycles. The maximum Gasteiger partial charge on any atom is 0.387 e. The van der Waals surface area contributed by atoms with Crippen molar-refractivity contribution in [3.63, 3.8) is 0 Å². The Labute approximate surface area is 174 Å². The molecule has 2 heterocycles. The number of piperazine rings is 1. The number of guanidine groups is 1. The number of nitrogens with one attached hydrogen (secondary N) is 1. The van der Waals surface area contributed by atoms with Gasteiger partial charge in [-0.15, -0.1) is 0 Å². The average Bonchev–Trinajstić information content (AvgIpc) is 3.26. The van der Waals surface area contributed by atoms with Gasteiger partial charge in [-0.1, -0.05) is 6.07 Å². The van der Waals surface area contributed by atoms with Gasteiger partial charge in [0.15, 0.2) is 5.96 Å². The van der Waals surface area contributed by atoms with Crippen LogP contribution < -0.4 is 10.1 Å². The number of halogens is 3. The summed E-state index contributed by atoms with van der Waals surface area (Å²) in [7, 11) is 1.61. The summed E-state index contributed by atoms with van der Waals surface area (Å²) in [4.78, 5) is 22.6. The number of amides is 1. The van der Waals surface area contributed by atoms with E-state index in [0.717, 1.165) is 25.9 Å². The van der Waals surface area contributed by atoms with Gasteiger partial charge in [-0.25, -0.2) is 4.39 Å². The second-order valence-electron chi connectivity index (χ2n) is 7.35. The monoisotopic (exact) mass is 427 g/mol. The van der Waals surface area contributed by atoms with Crippen LogP contribution in [0.15, 0.2) is 23.2 Å². The molecule has 1 aromatic rings. The van der Waals surface area contributed by atoms with Crippen LogP contribution in [0.2, 0.25) is 0 Å². The number of ether oxygens (including phenoxy) is 1. The van der Waals surface area contributed by atoms with E-state index in [2.05, 4.69) is 19.9 Å². The number of carbonyl (C=O) groups excluding carboxylic acids is 1. The third kappa shape index (κ3) is 5.78. The van der Waals surface area contributed by atoms with Gasteiger partial charge in [0.2, 0.25) is 5.91 Å². The highest BCUT2D eigenvalue weighted by Gasteiger charge is 2.25. The largest absolute Gasteiger partial charge is 0.434 e. The third-order valence-corrected chi connectivity index (χ3v) is 5.42. The zero-order valence-electron chi connectivity index (χ0n) is 17.1. The minimum absolute atomic E-state index is 0.0220. The summed E-state index contributed by atoms with van der Waals surface area (Å²) in [5.74, 6) is -0.0964. The molecular weight excluding hydrogens is 399 g/mol. The van der Waals surface area contributed by atoms with Crippen molar-refractivity contribution >= 4 is 11.9 Å². The Morgan fingerprint density at radius 3 is 2.47 bits per heavy atom. The summed E-state index contributed by atoms with van der Waals surface area (Å²) in [5, 5.41) is 3.03. The van der Waals surface area contributed by atoms with E-state index in [-0.39, 0.29) is 23.8 Å². The first-order chi connectivity index (χ1) is 14.5. The van der Waals surface area contributed by atoms with Crippen LogP contribution in [-0.2, 0) is 11.3 Å². The number of alkyl halides is 2. The van der Waals surface area contributed by atoms with E-state index >= 15 is 0 Å². The van der Waals surface area contributed by atoms with Crippen LogP contribution in [0, 0.1) is 5.82 Å². The number of hydrogen-bond donors (Lipinski definition) is 1. The first kappa shape index (κ1) is 22.2. The molecule has 0 aliphatic carbocycles. The second kappa shape index (κ2) is 10.5. The normalized spacial score (nSPS) is 18.2. The summed E-state index contributed by atoms with van der Waals surface area (Å²) < 4.78 is 43.7. The van der Waals surface area contributed by atoms with E-state index in [1.807, 2.05) is 9.80 Å². The number of benzene rings is 1. The van der Waals surface area contributed by atoms with Crippen LogP contribution in [0.3, 0.4) is 0 Å².